The van der Waals surface area contributed by atoms with Gasteiger partial charge in [-0.25, -0.2) is 4.68 Å². The lowest BCUT2D eigenvalue weighted by Crippen LogP contribution is -2.27. The molecule has 1 N–H and O–H groups in total. The van der Waals surface area contributed by atoms with Crippen LogP contribution in [0.25, 0.3) is 0 Å². The van der Waals surface area contributed by atoms with Crippen molar-refractivity contribution in [1.82, 2.24) is 9.78 Å². The first kappa shape index (κ1) is 10.2. The third kappa shape index (κ3) is 2.18. The standard InChI is InChI=1S/C10H15N3O2/c14-6-5-13-10(15)7-9(8-11-13)12-3-1-2-4-12/h7-8,14H,1-6H2. The van der Waals surface area contributed by atoms with Crippen molar-refractivity contribution in [2.24, 2.45) is 0 Å². The van der Waals surface area contributed by atoms with Crippen LogP contribution in [0.3, 0.4) is 0 Å². The predicted molar refractivity (Wildman–Crippen MR) is 57.0 cm³/mol. The van der Waals surface area contributed by atoms with Crippen molar-refractivity contribution < 1.29 is 5.11 Å². The lowest BCUT2D eigenvalue weighted by Gasteiger charge is -2.16. The monoisotopic (exact) mass is 209 g/mol. The van der Waals surface area contributed by atoms with Crippen LogP contribution in [0.2, 0.25) is 0 Å². The molecule has 1 aliphatic rings. The molecule has 1 aromatic rings. The number of anilines is 1. The van der Waals surface area contributed by atoms with E-state index in [-0.39, 0.29) is 18.7 Å². The summed E-state index contributed by atoms with van der Waals surface area (Å²) >= 11 is 0. The van der Waals surface area contributed by atoms with Crippen LogP contribution in [0.1, 0.15) is 12.8 Å². The minimum atomic E-state index is -0.145. The molecule has 0 spiro atoms. The van der Waals surface area contributed by atoms with E-state index in [1.165, 1.54) is 17.5 Å². The van der Waals surface area contributed by atoms with Crippen molar-refractivity contribution >= 4 is 5.69 Å². The largest absolute Gasteiger partial charge is 0.394 e. The van der Waals surface area contributed by atoms with Gasteiger partial charge in [-0.05, 0) is 12.8 Å². The molecular weight excluding hydrogens is 194 g/mol. The van der Waals surface area contributed by atoms with E-state index in [1.807, 2.05) is 0 Å². The fraction of sp³-hybridized carbons (Fsp3) is 0.600. The van der Waals surface area contributed by atoms with Crippen LogP contribution in [-0.4, -0.2) is 34.6 Å². The summed E-state index contributed by atoms with van der Waals surface area (Å²) in [5.74, 6) is 0. The zero-order chi connectivity index (χ0) is 10.7. The quantitative estimate of drug-likeness (QED) is 0.751. The molecule has 1 aliphatic heterocycles. The molecular formula is C10H15N3O2. The molecule has 0 unspecified atom stereocenters. The molecule has 0 saturated carbocycles. The molecule has 1 saturated heterocycles. The van der Waals surface area contributed by atoms with Crippen LogP contribution < -0.4 is 10.5 Å². The van der Waals surface area contributed by atoms with Gasteiger partial charge < -0.3 is 10.0 Å². The Morgan fingerprint density at radius 1 is 1.40 bits per heavy atom. The zero-order valence-corrected chi connectivity index (χ0v) is 8.59. The first-order valence-corrected chi connectivity index (χ1v) is 5.24. The van der Waals surface area contributed by atoms with E-state index in [4.69, 9.17) is 5.11 Å². The van der Waals surface area contributed by atoms with Gasteiger partial charge in [-0.15, -0.1) is 0 Å². The van der Waals surface area contributed by atoms with Gasteiger partial charge >= 0.3 is 0 Å². The smallest absolute Gasteiger partial charge is 0.268 e. The maximum atomic E-state index is 11.5. The predicted octanol–water partition coefficient (Wildman–Crippen LogP) is -0.164. The Hall–Kier alpha value is -1.36. The van der Waals surface area contributed by atoms with Gasteiger partial charge in [0.15, 0.2) is 0 Å². The summed E-state index contributed by atoms with van der Waals surface area (Å²) in [7, 11) is 0. The number of hydrogen-bond acceptors (Lipinski definition) is 4. The van der Waals surface area contributed by atoms with Crippen LogP contribution in [-0.2, 0) is 6.54 Å². The molecule has 82 valence electrons. The van der Waals surface area contributed by atoms with E-state index < -0.39 is 0 Å². The average molecular weight is 209 g/mol. The minimum absolute atomic E-state index is 0.0596. The van der Waals surface area contributed by atoms with Crippen molar-refractivity contribution in [3.8, 4) is 0 Å². The summed E-state index contributed by atoms with van der Waals surface area (Å²) in [6.07, 6.45) is 4.06. The maximum Gasteiger partial charge on any atom is 0.268 e. The molecule has 0 amide bonds. The number of aliphatic hydroxyl groups is 1. The maximum absolute atomic E-state index is 11.5. The van der Waals surface area contributed by atoms with Crippen LogP contribution in [0.15, 0.2) is 17.1 Å². The Labute approximate surface area is 87.9 Å². The van der Waals surface area contributed by atoms with E-state index in [2.05, 4.69) is 10.00 Å². The molecule has 15 heavy (non-hydrogen) atoms. The minimum Gasteiger partial charge on any atom is -0.394 e. The number of rotatable bonds is 3. The summed E-state index contributed by atoms with van der Waals surface area (Å²) in [4.78, 5) is 13.7. The van der Waals surface area contributed by atoms with Crippen molar-refractivity contribution in [3.63, 3.8) is 0 Å². The highest BCUT2D eigenvalue weighted by molar-refractivity contribution is 5.43. The third-order valence-corrected chi connectivity index (χ3v) is 2.64. The highest BCUT2D eigenvalue weighted by Crippen LogP contribution is 2.16. The van der Waals surface area contributed by atoms with Gasteiger partial charge in [-0.2, -0.15) is 5.10 Å². The molecule has 5 heteroatoms. The fourth-order valence-electron chi connectivity index (χ4n) is 1.83. The van der Waals surface area contributed by atoms with E-state index in [9.17, 15) is 4.79 Å². The van der Waals surface area contributed by atoms with Crippen LogP contribution >= 0.6 is 0 Å². The summed E-state index contributed by atoms with van der Waals surface area (Å²) in [6.45, 7) is 2.21. The van der Waals surface area contributed by atoms with Gasteiger partial charge in [-0.3, -0.25) is 4.79 Å². The highest BCUT2D eigenvalue weighted by atomic mass is 16.3. The second-order valence-electron chi connectivity index (χ2n) is 3.69. The van der Waals surface area contributed by atoms with Crippen LogP contribution in [0, 0.1) is 0 Å². The molecule has 2 heterocycles. The van der Waals surface area contributed by atoms with Crippen LogP contribution in [0.5, 0.6) is 0 Å². The SMILES string of the molecule is O=c1cc(N2CCCC2)cnn1CCO. The first-order valence-electron chi connectivity index (χ1n) is 5.24. The van der Waals surface area contributed by atoms with Crippen molar-refractivity contribution in [1.29, 1.82) is 0 Å². The number of nitrogens with zero attached hydrogens (tertiary/aromatic N) is 3. The van der Waals surface area contributed by atoms with Crippen molar-refractivity contribution in [2.75, 3.05) is 24.6 Å². The van der Waals surface area contributed by atoms with Gasteiger partial charge in [0.05, 0.1) is 25.0 Å². The molecule has 0 aromatic carbocycles. The zero-order valence-electron chi connectivity index (χ0n) is 8.59. The van der Waals surface area contributed by atoms with E-state index in [0.717, 1.165) is 18.8 Å². The fourth-order valence-corrected chi connectivity index (χ4v) is 1.83. The summed E-state index contributed by atoms with van der Waals surface area (Å²) in [5.41, 5.74) is 0.750. The summed E-state index contributed by atoms with van der Waals surface area (Å²) < 4.78 is 1.28. The van der Waals surface area contributed by atoms with E-state index >= 15 is 0 Å². The molecule has 0 aliphatic carbocycles. The number of aromatic nitrogens is 2. The normalized spacial score (nSPS) is 15.9. The summed E-state index contributed by atoms with van der Waals surface area (Å²) in [6, 6.07) is 1.59. The highest BCUT2D eigenvalue weighted by Gasteiger charge is 2.13. The molecule has 5 nitrogen and oxygen atoms in total. The summed E-state index contributed by atoms with van der Waals surface area (Å²) in [5, 5.41) is 12.7. The Balaban J connectivity index is 2.20. The van der Waals surface area contributed by atoms with Gasteiger partial charge in [0.25, 0.3) is 5.56 Å². The number of hydrogen-bond donors (Lipinski definition) is 1. The van der Waals surface area contributed by atoms with Gasteiger partial charge in [-0.1, -0.05) is 0 Å². The lowest BCUT2D eigenvalue weighted by atomic mass is 10.4. The van der Waals surface area contributed by atoms with Crippen molar-refractivity contribution in [2.45, 2.75) is 19.4 Å². The Morgan fingerprint density at radius 3 is 2.73 bits per heavy atom. The third-order valence-electron chi connectivity index (χ3n) is 2.64. The molecule has 0 radical (unpaired) electrons. The topological polar surface area (TPSA) is 58.4 Å². The lowest BCUT2D eigenvalue weighted by molar-refractivity contribution is 0.266. The van der Waals surface area contributed by atoms with Gasteiger partial charge in [0.1, 0.15) is 0 Å². The van der Waals surface area contributed by atoms with Crippen LogP contribution in [0.4, 0.5) is 5.69 Å². The second kappa shape index (κ2) is 4.44. The Kier molecular flexibility index (Phi) is 3.01. The molecule has 0 bridgehead atoms. The second-order valence-corrected chi connectivity index (χ2v) is 3.69. The van der Waals surface area contributed by atoms with Crippen molar-refractivity contribution in [3.05, 3.63) is 22.6 Å². The molecule has 1 fully saturated rings. The van der Waals surface area contributed by atoms with Gasteiger partial charge in [0.2, 0.25) is 0 Å². The van der Waals surface area contributed by atoms with E-state index in [0.29, 0.717) is 0 Å². The number of aliphatic hydroxyl groups excluding tert-OH is 1. The molecule has 1 aromatic heterocycles. The Bertz CT molecular complexity index is 382. The molecule has 0 atom stereocenters. The van der Waals surface area contributed by atoms with Gasteiger partial charge in [0, 0.05) is 19.2 Å². The Morgan fingerprint density at radius 2 is 2.13 bits per heavy atom. The first-order chi connectivity index (χ1) is 7.31. The average Bonchev–Trinajstić information content (AvgIpc) is 2.74. The molecule has 2 rings (SSSR count). The van der Waals surface area contributed by atoms with E-state index in [1.54, 1.807) is 12.3 Å².